The van der Waals surface area contributed by atoms with Gasteiger partial charge in [0.2, 0.25) is 5.91 Å². The summed E-state index contributed by atoms with van der Waals surface area (Å²) < 4.78 is 0. The summed E-state index contributed by atoms with van der Waals surface area (Å²) in [6, 6.07) is 10.3. The first-order chi connectivity index (χ1) is 10.7. The Morgan fingerprint density at radius 3 is 2.73 bits per heavy atom. The molecule has 3 nitrogen and oxygen atoms in total. The van der Waals surface area contributed by atoms with Crippen molar-refractivity contribution in [2.24, 2.45) is 5.92 Å². The average molecular weight is 301 g/mol. The Balaban J connectivity index is 1.89. The van der Waals surface area contributed by atoms with Crippen LogP contribution in [0.4, 0.5) is 0 Å². The van der Waals surface area contributed by atoms with Crippen molar-refractivity contribution >= 4 is 5.91 Å². The minimum absolute atomic E-state index is 0.179. The van der Waals surface area contributed by atoms with E-state index in [0.717, 1.165) is 31.2 Å². The van der Waals surface area contributed by atoms with E-state index in [2.05, 4.69) is 11.8 Å². The van der Waals surface area contributed by atoms with Crippen LogP contribution in [0.3, 0.4) is 0 Å². The molecule has 0 radical (unpaired) electrons. The summed E-state index contributed by atoms with van der Waals surface area (Å²) in [7, 11) is 0. The minimum Gasteiger partial charge on any atom is -0.385 e. The highest BCUT2D eigenvalue weighted by Gasteiger charge is 2.49. The maximum atomic E-state index is 12.4. The lowest BCUT2D eigenvalue weighted by Gasteiger charge is -2.52. The van der Waals surface area contributed by atoms with Gasteiger partial charge in [0.15, 0.2) is 0 Å². The van der Waals surface area contributed by atoms with Crippen LogP contribution in [0.1, 0.15) is 57.4 Å². The summed E-state index contributed by atoms with van der Waals surface area (Å²) >= 11 is 0. The molecule has 3 unspecified atom stereocenters. The van der Waals surface area contributed by atoms with E-state index in [4.69, 9.17) is 0 Å². The zero-order valence-corrected chi connectivity index (χ0v) is 13.5. The number of fused-ring (bicyclic) bond motifs is 1. The molecule has 120 valence electrons. The molecule has 1 N–H and O–H groups in total. The summed E-state index contributed by atoms with van der Waals surface area (Å²) in [4.78, 5) is 14.5. The van der Waals surface area contributed by atoms with Crippen LogP contribution in [-0.2, 0) is 10.4 Å². The number of benzene rings is 1. The molecule has 0 spiro atoms. The molecular formula is C19H27NO2. The Morgan fingerprint density at radius 2 is 2.00 bits per heavy atom. The van der Waals surface area contributed by atoms with Gasteiger partial charge in [-0.05, 0) is 31.2 Å². The first-order valence-electron chi connectivity index (χ1n) is 8.74. The predicted molar refractivity (Wildman–Crippen MR) is 87.3 cm³/mol. The van der Waals surface area contributed by atoms with Crippen LogP contribution in [0, 0.1) is 5.92 Å². The topological polar surface area (TPSA) is 40.5 Å². The van der Waals surface area contributed by atoms with Gasteiger partial charge in [-0.2, -0.15) is 0 Å². The molecule has 1 aliphatic carbocycles. The summed E-state index contributed by atoms with van der Waals surface area (Å²) in [5, 5.41) is 11.4. The van der Waals surface area contributed by atoms with E-state index in [0.29, 0.717) is 19.4 Å². The number of carbonyl (C=O) groups is 1. The van der Waals surface area contributed by atoms with Crippen molar-refractivity contribution in [3.05, 3.63) is 35.9 Å². The third kappa shape index (κ3) is 2.67. The lowest BCUT2D eigenvalue weighted by molar-refractivity contribution is -0.154. The van der Waals surface area contributed by atoms with Crippen LogP contribution in [0.15, 0.2) is 30.3 Å². The van der Waals surface area contributed by atoms with E-state index >= 15 is 0 Å². The third-order valence-corrected chi connectivity index (χ3v) is 5.53. The lowest BCUT2D eigenvalue weighted by atomic mass is 9.66. The van der Waals surface area contributed by atoms with Gasteiger partial charge in [-0.1, -0.05) is 50.1 Å². The highest BCUT2D eigenvalue weighted by atomic mass is 16.3. The largest absolute Gasteiger partial charge is 0.385 e. The van der Waals surface area contributed by atoms with Crippen molar-refractivity contribution in [3.8, 4) is 0 Å². The molecule has 3 rings (SSSR count). The Kier molecular flexibility index (Phi) is 4.53. The number of likely N-dealkylation sites (tertiary alicyclic amines) is 1. The van der Waals surface area contributed by atoms with Gasteiger partial charge in [0.25, 0.3) is 0 Å². The van der Waals surface area contributed by atoms with Gasteiger partial charge >= 0.3 is 0 Å². The Bertz CT molecular complexity index is 515. The van der Waals surface area contributed by atoms with Crippen LogP contribution in [0.2, 0.25) is 0 Å². The number of rotatable bonds is 3. The molecule has 1 aromatic rings. The van der Waals surface area contributed by atoms with E-state index in [-0.39, 0.29) is 17.9 Å². The van der Waals surface area contributed by atoms with E-state index in [1.807, 2.05) is 30.3 Å². The highest BCUT2D eigenvalue weighted by molar-refractivity contribution is 5.76. The molecule has 0 aromatic heterocycles. The van der Waals surface area contributed by atoms with Crippen LogP contribution >= 0.6 is 0 Å². The first-order valence-corrected chi connectivity index (χ1v) is 8.74. The molecule has 2 aliphatic rings. The third-order valence-electron chi connectivity index (χ3n) is 5.53. The normalized spacial score (nSPS) is 31.6. The molecule has 1 amide bonds. The Labute approximate surface area is 133 Å². The number of piperidine rings is 1. The molecule has 3 heteroatoms. The monoisotopic (exact) mass is 301 g/mol. The zero-order chi connectivity index (χ0) is 15.6. The van der Waals surface area contributed by atoms with Gasteiger partial charge in [0.1, 0.15) is 0 Å². The van der Waals surface area contributed by atoms with Crippen molar-refractivity contribution in [2.45, 2.75) is 63.5 Å². The maximum Gasteiger partial charge on any atom is 0.222 e. The van der Waals surface area contributed by atoms with E-state index in [1.54, 1.807) is 0 Å². The van der Waals surface area contributed by atoms with Gasteiger partial charge in [-0.3, -0.25) is 4.79 Å². The number of aliphatic hydroxyl groups is 1. The second-order valence-electron chi connectivity index (χ2n) is 6.84. The molecule has 1 saturated carbocycles. The smallest absolute Gasteiger partial charge is 0.222 e. The summed E-state index contributed by atoms with van der Waals surface area (Å²) in [5.74, 6) is 0.452. The van der Waals surface area contributed by atoms with Gasteiger partial charge in [-0.25, -0.2) is 0 Å². The van der Waals surface area contributed by atoms with Gasteiger partial charge in [0, 0.05) is 24.9 Å². The molecule has 1 aromatic carbocycles. The standard InChI is InChI=1S/C19H27NO2/c1-2-8-18(21)20-14-13-19(22,15-9-4-3-5-10-15)16-11-6-7-12-17(16)20/h3-5,9-10,16-17,22H,2,6-8,11-14H2,1H3. The predicted octanol–water partition coefficient (Wildman–Crippen LogP) is 3.47. The van der Waals surface area contributed by atoms with Crippen LogP contribution in [0.25, 0.3) is 0 Å². The number of hydrogen-bond acceptors (Lipinski definition) is 2. The Morgan fingerprint density at radius 1 is 1.27 bits per heavy atom. The lowest BCUT2D eigenvalue weighted by Crippen LogP contribution is -2.58. The van der Waals surface area contributed by atoms with Crippen molar-refractivity contribution < 1.29 is 9.90 Å². The zero-order valence-electron chi connectivity index (χ0n) is 13.5. The number of nitrogens with zero attached hydrogens (tertiary/aromatic N) is 1. The van der Waals surface area contributed by atoms with Gasteiger partial charge in [0.05, 0.1) is 5.60 Å². The molecule has 1 heterocycles. The van der Waals surface area contributed by atoms with Crippen molar-refractivity contribution in [1.29, 1.82) is 0 Å². The van der Waals surface area contributed by atoms with Crippen LogP contribution in [-0.4, -0.2) is 28.5 Å². The number of amides is 1. The molecule has 1 aliphatic heterocycles. The van der Waals surface area contributed by atoms with Gasteiger partial charge in [-0.15, -0.1) is 0 Å². The highest BCUT2D eigenvalue weighted by Crippen LogP contribution is 2.47. The number of carbonyl (C=O) groups excluding carboxylic acids is 1. The van der Waals surface area contributed by atoms with Crippen molar-refractivity contribution in [2.75, 3.05) is 6.54 Å². The second kappa shape index (κ2) is 6.41. The average Bonchev–Trinajstić information content (AvgIpc) is 2.56. The van der Waals surface area contributed by atoms with E-state index in [9.17, 15) is 9.90 Å². The SMILES string of the molecule is CCCC(=O)N1CCC(O)(c2ccccc2)C2CCCCC21. The first kappa shape index (κ1) is 15.5. The summed E-state index contributed by atoms with van der Waals surface area (Å²) in [5.41, 5.74) is 0.254. The fourth-order valence-corrected chi connectivity index (χ4v) is 4.44. The Hall–Kier alpha value is -1.35. The van der Waals surface area contributed by atoms with Crippen LogP contribution in [0.5, 0.6) is 0 Å². The molecule has 3 atom stereocenters. The summed E-state index contributed by atoms with van der Waals surface area (Å²) in [6.07, 6.45) is 6.57. The van der Waals surface area contributed by atoms with Crippen molar-refractivity contribution in [3.63, 3.8) is 0 Å². The fourth-order valence-electron chi connectivity index (χ4n) is 4.44. The molecule has 1 saturated heterocycles. The molecule has 2 fully saturated rings. The van der Waals surface area contributed by atoms with E-state index in [1.165, 1.54) is 6.42 Å². The quantitative estimate of drug-likeness (QED) is 0.928. The van der Waals surface area contributed by atoms with Crippen LogP contribution < -0.4 is 0 Å². The van der Waals surface area contributed by atoms with E-state index < -0.39 is 5.60 Å². The number of hydrogen-bond donors (Lipinski definition) is 1. The molecule has 22 heavy (non-hydrogen) atoms. The minimum atomic E-state index is -0.769. The molecule has 0 bridgehead atoms. The molecular weight excluding hydrogens is 274 g/mol. The second-order valence-corrected chi connectivity index (χ2v) is 6.84. The maximum absolute atomic E-state index is 12.4. The summed E-state index contributed by atoms with van der Waals surface area (Å²) in [6.45, 7) is 2.74. The van der Waals surface area contributed by atoms with Gasteiger partial charge < -0.3 is 10.0 Å². The van der Waals surface area contributed by atoms with Crippen molar-refractivity contribution in [1.82, 2.24) is 4.90 Å². The fraction of sp³-hybridized carbons (Fsp3) is 0.632.